The summed E-state index contributed by atoms with van der Waals surface area (Å²) >= 11 is 9.59. The van der Waals surface area contributed by atoms with Crippen LogP contribution < -0.4 is 0 Å². The van der Waals surface area contributed by atoms with Crippen LogP contribution in [0.15, 0.2) is 22.7 Å². The highest BCUT2D eigenvalue weighted by Crippen LogP contribution is 2.39. The zero-order valence-corrected chi connectivity index (χ0v) is 11.0. The van der Waals surface area contributed by atoms with E-state index in [1.807, 2.05) is 0 Å². The summed E-state index contributed by atoms with van der Waals surface area (Å²) in [5, 5.41) is 10.7. The minimum atomic E-state index is -0.408. The van der Waals surface area contributed by atoms with Crippen LogP contribution in [0.25, 0.3) is 0 Å². The number of nitro benzene ring substituents is 1. The largest absolute Gasteiger partial charge is 0.288 e. The molecule has 3 nitrogen and oxygen atoms in total. The quantitative estimate of drug-likeness (QED) is 0.444. The molecule has 0 fully saturated rings. The molecule has 0 saturated carbocycles. The molecule has 1 aromatic rings. The van der Waals surface area contributed by atoms with Gasteiger partial charge in [-0.25, -0.2) is 0 Å². The topological polar surface area (TPSA) is 43.1 Å². The van der Waals surface area contributed by atoms with Crippen molar-refractivity contribution in [2.45, 2.75) is 3.74 Å². The van der Waals surface area contributed by atoms with Gasteiger partial charge in [-0.3, -0.25) is 10.1 Å². The average Bonchev–Trinajstić information content (AvgIpc) is 2.02. The monoisotopic (exact) mass is 371 g/mol. The van der Waals surface area contributed by atoms with Gasteiger partial charge in [0, 0.05) is 0 Å². The van der Waals surface area contributed by atoms with Crippen LogP contribution in [-0.4, -0.2) is 4.92 Å². The molecule has 0 spiro atoms. The van der Waals surface area contributed by atoms with Crippen LogP contribution in [0.3, 0.4) is 0 Å². The van der Waals surface area contributed by atoms with E-state index >= 15 is 0 Å². The molecule has 70 valence electrons. The van der Waals surface area contributed by atoms with Gasteiger partial charge < -0.3 is 0 Å². The Labute approximate surface area is 100 Å². The van der Waals surface area contributed by atoms with Crippen LogP contribution >= 0.6 is 47.8 Å². The van der Waals surface area contributed by atoms with E-state index in [0.29, 0.717) is 10.0 Å². The SMILES string of the molecule is O=[N+]([O-])c1c(Br)cccc1C(Br)Br. The Balaban J connectivity index is 3.34. The van der Waals surface area contributed by atoms with E-state index in [1.165, 1.54) is 0 Å². The first kappa shape index (κ1) is 11.1. The summed E-state index contributed by atoms with van der Waals surface area (Å²) in [6, 6.07) is 5.09. The van der Waals surface area contributed by atoms with Crippen LogP contribution in [0.1, 0.15) is 9.30 Å². The number of nitro groups is 1. The van der Waals surface area contributed by atoms with E-state index in [9.17, 15) is 10.1 Å². The predicted octanol–water partition coefficient (Wildman–Crippen LogP) is 4.15. The molecule has 1 aromatic carbocycles. The number of rotatable bonds is 2. The molecule has 0 aliphatic rings. The number of para-hydroxylation sites is 1. The molecule has 0 atom stereocenters. The normalized spacial score (nSPS) is 10.5. The second-order valence-corrected chi connectivity index (χ2v) is 6.15. The molecule has 6 heteroatoms. The Morgan fingerprint density at radius 3 is 2.38 bits per heavy atom. The maximum Gasteiger partial charge on any atom is 0.288 e. The van der Waals surface area contributed by atoms with Gasteiger partial charge >= 0.3 is 0 Å². The molecule has 13 heavy (non-hydrogen) atoms. The first-order valence-corrected chi connectivity index (χ1v) is 5.87. The van der Waals surface area contributed by atoms with Gasteiger partial charge in [-0.2, -0.15) is 0 Å². The van der Waals surface area contributed by atoms with Gasteiger partial charge in [0.1, 0.15) is 3.74 Å². The fraction of sp³-hybridized carbons (Fsp3) is 0.143. The van der Waals surface area contributed by atoms with Gasteiger partial charge in [-0.15, -0.1) is 0 Å². The van der Waals surface area contributed by atoms with Crippen molar-refractivity contribution in [2.75, 3.05) is 0 Å². The lowest BCUT2D eigenvalue weighted by molar-refractivity contribution is -0.386. The lowest BCUT2D eigenvalue weighted by Gasteiger charge is -2.04. The minimum absolute atomic E-state index is 0.0845. The summed E-state index contributed by atoms with van der Waals surface area (Å²) in [4.78, 5) is 10.3. The highest BCUT2D eigenvalue weighted by atomic mass is 79.9. The lowest BCUT2D eigenvalue weighted by Crippen LogP contribution is -1.95. The Morgan fingerprint density at radius 1 is 1.38 bits per heavy atom. The molecule has 1 rings (SSSR count). The van der Waals surface area contributed by atoms with E-state index in [2.05, 4.69) is 47.8 Å². The Bertz CT molecular complexity index is 341. The third-order valence-electron chi connectivity index (χ3n) is 1.44. The summed E-state index contributed by atoms with van der Waals surface area (Å²) in [5.41, 5.74) is 0.681. The number of benzene rings is 1. The van der Waals surface area contributed by atoms with Crippen LogP contribution in [0.2, 0.25) is 0 Å². The van der Waals surface area contributed by atoms with Gasteiger partial charge in [0.15, 0.2) is 0 Å². The number of alkyl halides is 2. The molecule has 0 aromatic heterocycles. The van der Waals surface area contributed by atoms with E-state index < -0.39 is 4.92 Å². The van der Waals surface area contributed by atoms with Crippen molar-refractivity contribution in [3.8, 4) is 0 Å². The van der Waals surface area contributed by atoms with Gasteiger partial charge in [0.2, 0.25) is 0 Å². The molecule has 0 aliphatic carbocycles. The summed E-state index contributed by atoms with van der Waals surface area (Å²) in [6.07, 6.45) is 0. The zero-order chi connectivity index (χ0) is 10.0. The molecule has 0 unspecified atom stereocenters. The van der Waals surface area contributed by atoms with Crippen LogP contribution in [0.4, 0.5) is 5.69 Å². The van der Waals surface area contributed by atoms with Crippen molar-refractivity contribution < 1.29 is 4.92 Å². The molecule has 0 aliphatic heterocycles. The highest BCUT2D eigenvalue weighted by molar-refractivity contribution is 9.24. The molecular formula is C7H4Br3NO2. The maximum atomic E-state index is 10.7. The Kier molecular flexibility index (Phi) is 3.87. The van der Waals surface area contributed by atoms with Gasteiger partial charge in [-0.1, -0.05) is 44.0 Å². The molecule has 0 amide bonds. The minimum Gasteiger partial charge on any atom is -0.258 e. The lowest BCUT2D eigenvalue weighted by atomic mass is 10.2. The average molecular weight is 374 g/mol. The maximum absolute atomic E-state index is 10.7. The summed E-state index contributed by atoms with van der Waals surface area (Å²) in [6.45, 7) is 0. The highest BCUT2D eigenvalue weighted by Gasteiger charge is 2.21. The van der Waals surface area contributed by atoms with E-state index in [0.717, 1.165) is 0 Å². The summed E-state index contributed by atoms with van der Waals surface area (Å²) in [7, 11) is 0. The number of hydrogen-bond donors (Lipinski definition) is 0. The zero-order valence-electron chi connectivity index (χ0n) is 6.21. The molecule has 0 N–H and O–H groups in total. The van der Waals surface area contributed by atoms with Crippen molar-refractivity contribution >= 4 is 53.5 Å². The van der Waals surface area contributed by atoms with Crippen LogP contribution in [0, 0.1) is 10.1 Å². The fourth-order valence-corrected chi connectivity index (χ4v) is 2.17. The molecule has 0 bridgehead atoms. The summed E-state index contributed by atoms with van der Waals surface area (Å²) in [5.74, 6) is 0. The van der Waals surface area contributed by atoms with Gasteiger partial charge in [0.05, 0.1) is 15.0 Å². The number of nitrogens with zero attached hydrogens (tertiary/aromatic N) is 1. The summed E-state index contributed by atoms with van der Waals surface area (Å²) < 4.78 is 0.275. The standard InChI is InChI=1S/C7H4Br3NO2/c8-5-3-1-2-4(7(9)10)6(5)11(12)13/h1-3,7H. The number of hydrogen-bond acceptors (Lipinski definition) is 2. The third-order valence-corrected chi connectivity index (χ3v) is 3.06. The van der Waals surface area contributed by atoms with E-state index in [-0.39, 0.29) is 9.42 Å². The first-order valence-electron chi connectivity index (χ1n) is 3.25. The molecular weight excluding hydrogens is 370 g/mol. The van der Waals surface area contributed by atoms with Crippen molar-refractivity contribution in [2.24, 2.45) is 0 Å². The van der Waals surface area contributed by atoms with E-state index in [4.69, 9.17) is 0 Å². The van der Waals surface area contributed by atoms with Crippen LogP contribution in [-0.2, 0) is 0 Å². The smallest absolute Gasteiger partial charge is 0.258 e. The van der Waals surface area contributed by atoms with Gasteiger partial charge in [-0.05, 0) is 22.0 Å². The van der Waals surface area contributed by atoms with Crippen molar-refractivity contribution in [3.05, 3.63) is 38.3 Å². The van der Waals surface area contributed by atoms with E-state index in [1.54, 1.807) is 18.2 Å². The first-order chi connectivity index (χ1) is 6.04. The van der Waals surface area contributed by atoms with Crippen molar-refractivity contribution in [1.82, 2.24) is 0 Å². The third kappa shape index (κ3) is 2.51. The second kappa shape index (κ2) is 4.52. The molecule has 0 heterocycles. The number of halogens is 3. The van der Waals surface area contributed by atoms with Crippen LogP contribution in [0.5, 0.6) is 0 Å². The molecule has 0 radical (unpaired) electrons. The van der Waals surface area contributed by atoms with Crippen molar-refractivity contribution in [3.63, 3.8) is 0 Å². The van der Waals surface area contributed by atoms with Crippen molar-refractivity contribution in [1.29, 1.82) is 0 Å². The van der Waals surface area contributed by atoms with Gasteiger partial charge in [0.25, 0.3) is 5.69 Å². The predicted molar refractivity (Wildman–Crippen MR) is 61.4 cm³/mol. The Hall–Kier alpha value is 0.0600. The second-order valence-electron chi connectivity index (χ2n) is 2.24. The molecule has 0 saturated heterocycles. The Morgan fingerprint density at radius 2 is 2.00 bits per heavy atom. The fourth-order valence-electron chi connectivity index (χ4n) is 0.901.